The highest BCUT2D eigenvalue weighted by molar-refractivity contribution is 5.99. The number of fused-ring (bicyclic) bond motifs is 1. The average molecular weight is 353 g/mol. The van der Waals surface area contributed by atoms with Gasteiger partial charge in [-0.2, -0.15) is 0 Å². The molecule has 0 spiro atoms. The number of rotatable bonds is 4. The molecule has 134 valence electrons. The van der Waals surface area contributed by atoms with E-state index in [4.69, 9.17) is 14.2 Å². The molecule has 0 unspecified atom stereocenters. The summed E-state index contributed by atoms with van der Waals surface area (Å²) in [6.45, 7) is 1.14. The van der Waals surface area contributed by atoms with Gasteiger partial charge in [0.15, 0.2) is 11.5 Å². The lowest BCUT2D eigenvalue weighted by Crippen LogP contribution is -2.41. The second-order valence-corrected chi connectivity index (χ2v) is 5.97. The summed E-state index contributed by atoms with van der Waals surface area (Å²) in [5.74, 6) is 1.27. The number of amides is 1. The van der Waals surface area contributed by atoms with Gasteiger partial charge in [0.05, 0.1) is 44.6 Å². The highest BCUT2D eigenvalue weighted by atomic mass is 16.5. The van der Waals surface area contributed by atoms with E-state index in [1.165, 1.54) is 0 Å². The Balaban J connectivity index is 1.85. The first kappa shape index (κ1) is 16.4. The van der Waals surface area contributed by atoms with Crippen molar-refractivity contribution in [1.29, 1.82) is 0 Å². The molecule has 1 saturated heterocycles. The van der Waals surface area contributed by atoms with Gasteiger partial charge < -0.3 is 23.5 Å². The Morgan fingerprint density at radius 1 is 1.12 bits per heavy atom. The number of methoxy groups -OCH3 is 2. The Morgan fingerprint density at radius 2 is 1.96 bits per heavy atom. The SMILES string of the molecule is COc1ccc(-c2cc(N3CCOCC3=O)c3cncn3c2)cc1OC. The lowest BCUT2D eigenvalue weighted by molar-refractivity contribution is -0.125. The highest BCUT2D eigenvalue weighted by Gasteiger charge is 2.23. The molecule has 3 aromatic rings. The van der Waals surface area contributed by atoms with Gasteiger partial charge in [-0.05, 0) is 23.8 Å². The van der Waals surface area contributed by atoms with Gasteiger partial charge in [-0.3, -0.25) is 4.79 Å². The molecule has 1 aromatic carbocycles. The summed E-state index contributed by atoms with van der Waals surface area (Å²) < 4.78 is 17.9. The van der Waals surface area contributed by atoms with E-state index in [1.807, 2.05) is 34.9 Å². The van der Waals surface area contributed by atoms with Crippen molar-refractivity contribution in [3.8, 4) is 22.6 Å². The lowest BCUT2D eigenvalue weighted by atomic mass is 10.1. The van der Waals surface area contributed by atoms with Gasteiger partial charge >= 0.3 is 0 Å². The first-order valence-electron chi connectivity index (χ1n) is 8.27. The maximum Gasteiger partial charge on any atom is 0.253 e. The van der Waals surface area contributed by atoms with Crippen LogP contribution < -0.4 is 14.4 Å². The fraction of sp³-hybridized carbons (Fsp3) is 0.263. The molecule has 7 nitrogen and oxygen atoms in total. The smallest absolute Gasteiger partial charge is 0.253 e. The number of pyridine rings is 1. The van der Waals surface area contributed by atoms with Gasteiger partial charge in [0.2, 0.25) is 0 Å². The molecule has 2 aromatic heterocycles. The Hall–Kier alpha value is -3.06. The van der Waals surface area contributed by atoms with E-state index in [1.54, 1.807) is 31.6 Å². The summed E-state index contributed by atoms with van der Waals surface area (Å²) in [5.41, 5.74) is 3.61. The molecule has 0 bridgehead atoms. The zero-order chi connectivity index (χ0) is 18.1. The molecule has 0 saturated carbocycles. The minimum atomic E-state index is -0.0520. The third-order valence-corrected chi connectivity index (χ3v) is 4.49. The first-order chi connectivity index (χ1) is 12.7. The fourth-order valence-electron chi connectivity index (χ4n) is 3.18. The van der Waals surface area contributed by atoms with Gasteiger partial charge in [-0.1, -0.05) is 6.07 Å². The Bertz CT molecular complexity index is 967. The van der Waals surface area contributed by atoms with E-state index in [-0.39, 0.29) is 12.5 Å². The van der Waals surface area contributed by atoms with Crippen molar-refractivity contribution >= 4 is 17.1 Å². The van der Waals surface area contributed by atoms with Crippen LogP contribution in [-0.2, 0) is 9.53 Å². The van der Waals surface area contributed by atoms with E-state index >= 15 is 0 Å². The number of benzene rings is 1. The maximum absolute atomic E-state index is 12.3. The average Bonchev–Trinajstić information content (AvgIpc) is 3.16. The van der Waals surface area contributed by atoms with E-state index in [2.05, 4.69) is 4.98 Å². The molecule has 0 N–H and O–H groups in total. The zero-order valence-electron chi connectivity index (χ0n) is 14.6. The van der Waals surface area contributed by atoms with E-state index in [0.717, 1.165) is 22.3 Å². The minimum Gasteiger partial charge on any atom is -0.493 e. The number of carbonyl (C=O) groups is 1. The van der Waals surface area contributed by atoms with Crippen LogP contribution in [0.3, 0.4) is 0 Å². The molecule has 1 amide bonds. The number of hydrogen-bond acceptors (Lipinski definition) is 5. The molecule has 1 aliphatic rings. The largest absolute Gasteiger partial charge is 0.493 e. The predicted octanol–water partition coefficient (Wildman–Crippen LogP) is 2.38. The van der Waals surface area contributed by atoms with Crippen molar-refractivity contribution in [3.05, 3.63) is 43.0 Å². The zero-order valence-corrected chi connectivity index (χ0v) is 14.6. The van der Waals surface area contributed by atoms with Crippen molar-refractivity contribution in [1.82, 2.24) is 9.38 Å². The lowest BCUT2D eigenvalue weighted by Gasteiger charge is -2.28. The monoisotopic (exact) mass is 353 g/mol. The normalized spacial score (nSPS) is 14.7. The second-order valence-electron chi connectivity index (χ2n) is 5.97. The molecule has 4 rings (SSSR count). The van der Waals surface area contributed by atoms with Gasteiger partial charge in [0.1, 0.15) is 6.61 Å². The summed E-state index contributed by atoms with van der Waals surface area (Å²) in [5, 5.41) is 0. The molecule has 7 heteroatoms. The third kappa shape index (κ3) is 2.76. The summed E-state index contributed by atoms with van der Waals surface area (Å²) in [7, 11) is 3.22. The molecular formula is C19H19N3O4. The van der Waals surface area contributed by atoms with Crippen LogP contribution in [0, 0.1) is 0 Å². The summed E-state index contributed by atoms with van der Waals surface area (Å²) >= 11 is 0. The van der Waals surface area contributed by atoms with E-state index < -0.39 is 0 Å². The van der Waals surface area contributed by atoms with Crippen molar-refractivity contribution in [2.45, 2.75) is 0 Å². The topological polar surface area (TPSA) is 65.3 Å². The van der Waals surface area contributed by atoms with Crippen LogP contribution in [0.5, 0.6) is 11.5 Å². The minimum absolute atomic E-state index is 0.0520. The van der Waals surface area contributed by atoms with Crippen LogP contribution in [0.2, 0.25) is 0 Å². The second kappa shape index (κ2) is 6.68. The number of imidazole rings is 1. The number of nitrogens with zero attached hydrogens (tertiary/aromatic N) is 3. The number of aromatic nitrogens is 2. The predicted molar refractivity (Wildman–Crippen MR) is 96.9 cm³/mol. The van der Waals surface area contributed by atoms with Crippen molar-refractivity contribution in [2.75, 3.05) is 38.9 Å². The van der Waals surface area contributed by atoms with E-state index in [0.29, 0.717) is 24.7 Å². The van der Waals surface area contributed by atoms with Gasteiger partial charge in [-0.15, -0.1) is 0 Å². The molecule has 0 radical (unpaired) electrons. The van der Waals surface area contributed by atoms with Crippen molar-refractivity contribution < 1.29 is 19.0 Å². The fourth-order valence-corrected chi connectivity index (χ4v) is 3.18. The maximum atomic E-state index is 12.3. The van der Waals surface area contributed by atoms with Crippen LogP contribution in [0.4, 0.5) is 5.69 Å². The Morgan fingerprint density at radius 3 is 2.73 bits per heavy atom. The molecule has 0 atom stereocenters. The van der Waals surface area contributed by atoms with Gasteiger partial charge in [-0.25, -0.2) is 4.98 Å². The Labute approximate surface area is 150 Å². The van der Waals surface area contributed by atoms with Gasteiger partial charge in [0, 0.05) is 18.3 Å². The standard InChI is InChI=1S/C19H19N3O4/c1-24-17-4-3-13(8-18(17)25-2)14-7-15(16-9-20-12-21(16)10-14)22-5-6-26-11-19(22)23/h3-4,7-10,12H,5-6,11H2,1-2H3. The van der Waals surface area contributed by atoms with Crippen LogP contribution >= 0.6 is 0 Å². The number of carbonyl (C=O) groups excluding carboxylic acids is 1. The molecule has 3 heterocycles. The number of morpholine rings is 1. The summed E-state index contributed by atoms with van der Waals surface area (Å²) in [6, 6.07) is 7.75. The van der Waals surface area contributed by atoms with Crippen LogP contribution in [-0.4, -0.2) is 49.3 Å². The highest BCUT2D eigenvalue weighted by Crippen LogP contribution is 2.35. The Kier molecular flexibility index (Phi) is 4.22. The van der Waals surface area contributed by atoms with Crippen LogP contribution in [0.25, 0.3) is 16.6 Å². The third-order valence-electron chi connectivity index (χ3n) is 4.49. The molecule has 1 fully saturated rings. The van der Waals surface area contributed by atoms with E-state index in [9.17, 15) is 4.79 Å². The number of ether oxygens (including phenoxy) is 3. The van der Waals surface area contributed by atoms with Gasteiger partial charge in [0.25, 0.3) is 5.91 Å². The molecule has 0 aliphatic carbocycles. The van der Waals surface area contributed by atoms with Crippen LogP contribution in [0.15, 0.2) is 43.0 Å². The molecule has 26 heavy (non-hydrogen) atoms. The van der Waals surface area contributed by atoms with Crippen molar-refractivity contribution in [3.63, 3.8) is 0 Å². The number of hydrogen-bond donors (Lipinski definition) is 0. The van der Waals surface area contributed by atoms with Crippen LogP contribution in [0.1, 0.15) is 0 Å². The summed E-state index contributed by atoms with van der Waals surface area (Å²) in [4.78, 5) is 18.3. The van der Waals surface area contributed by atoms with Crippen molar-refractivity contribution in [2.24, 2.45) is 0 Å². The first-order valence-corrected chi connectivity index (χ1v) is 8.27. The summed E-state index contributed by atoms with van der Waals surface area (Å²) in [6.07, 6.45) is 5.47. The molecular weight excluding hydrogens is 334 g/mol. The molecule has 1 aliphatic heterocycles. The number of anilines is 1. The quantitative estimate of drug-likeness (QED) is 0.721.